The number of nitrogens with two attached hydrogens (primary N) is 1. The number of carbonyl (C=O) groups is 2. The molecule has 2 aliphatic rings. The molecule has 1 atom stereocenters. The summed E-state index contributed by atoms with van der Waals surface area (Å²) in [6, 6.07) is 6.53. The molecule has 0 spiro atoms. The number of Topliss-reactive ketones (excluding diaryl/α,β-unsaturated/α-hetero) is 1. The SMILES string of the molecule is CC(=O)C1=C(O)C(=O)N(CC[NH+]2CC[NH2+]CC2)[C@H]1c1ccc(Cl)cc1. The number of nitrogens with zero attached hydrogens (tertiary/aromatic N) is 1. The van der Waals surface area contributed by atoms with Crippen LogP contribution in [0.25, 0.3) is 0 Å². The first kappa shape index (κ1) is 17.9. The van der Waals surface area contributed by atoms with Crippen molar-refractivity contribution in [2.75, 3.05) is 39.3 Å². The third kappa shape index (κ3) is 3.71. The lowest BCUT2D eigenvalue weighted by Crippen LogP contribution is -3.20. The van der Waals surface area contributed by atoms with E-state index >= 15 is 0 Å². The highest BCUT2D eigenvalue weighted by molar-refractivity contribution is 6.30. The summed E-state index contributed by atoms with van der Waals surface area (Å²) in [7, 11) is 0. The van der Waals surface area contributed by atoms with E-state index in [0.29, 0.717) is 11.6 Å². The number of piperazine rings is 1. The van der Waals surface area contributed by atoms with Gasteiger partial charge in [-0.1, -0.05) is 23.7 Å². The maximum atomic E-state index is 12.6. The van der Waals surface area contributed by atoms with Crippen molar-refractivity contribution < 1.29 is 24.9 Å². The Morgan fingerprint density at radius 2 is 1.96 bits per heavy atom. The van der Waals surface area contributed by atoms with Gasteiger partial charge >= 0.3 is 0 Å². The summed E-state index contributed by atoms with van der Waals surface area (Å²) < 4.78 is 0. The van der Waals surface area contributed by atoms with Crippen LogP contribution in [0.1, 0.15) is 18.5 Å². The summed E-state index contributed by atoms with van der Waals surface area (Å²) in [5, 5.41) is 13.1. The molecule has 1 fully saturated rings. The van der Waals surface area contributed by atoms with Crippen LogP contribution < -0.4 is 10.2 Å². The monoisotopic (exact) mass is 365 g/mol. The van der Waals surface area contributed by atoms with Crippen molar-refractivity contribution in [3.05, 3.63) is 46.2 Å². The van der Waals surface area contributed by atoms with Gasteiger partial charge in [0.25, 0.3) is 5.91 Å². The lowest BCUT2D eigenvalue weighted by molar-refractivity contribution is -0.946. The minimum Gasteiger partial charge on any atom is -0.503 e. The molecule has 2 heterocycles. The van der Waals surface area contributed by atoms with Crippen LogP contribution in [-0.2, 0) is 9.59 Å². The van der Waals surface area contributed by atoms with Crippen LogP contribution in [0.3, 0.4) is 0 Å². The number of aliphatic hydroxyl groups is 1. The van der Waals surface area contributed by atoms with Crippen molar-refractivity contribution in [3.63, 3.8) is 0 Å². The van der Waals surface area contributed by atoms with E-state index in [-0.39, 0.29) is 11.4 Å². The van der Waals surface area contributed by atoms with Crippen molar-refractivity contribution in [2.45, 2.75) is 13.0 Å². The molecule has 0 aliphatic carbocycles. The van der Waals surface area contributed by atoms with Gasteiger partial charge in [-0.05, 0) is 24.6 Å². The molecule has 0 bridgehead atoms. The molecule has 1 amide bonds. The highest BCUT2D eigenvalue weighted by atomic mass is 35.5. The summed E-state index contributed by atoms with van der Waals surface area (Å²) in [5.41, 5.74) is 0.961. The van der Waals surface area contributed by atoms with E-state index in [1.54, 1.807) is 29.2 Å². The number of hydrogen-bond acceptors (Lipinski definition) is 3. The normalized spacial score (nSPS) is 21.9. The predicted octanol–water partition coefficient (Wildman–Crippen LogP) is -0.914. The van der Waals surface area contributed by atoms with E-state index in [0.717, 1.165) is 38.3 Å². The minimum atomic E-state index is -0.544. The number of hydrogen-bond donors (Lipinski definition) is 3. The number of halogens is 1. The lowest BCUT2D eigenvalue weighted by atomic mass is 9.97. The molecular weight excluding hydrogens is 342 g/mol. The Labute approximate surface area is 152 Å². The number of amides is 1. The average Bonchev–Trinajstić information content (AvgIpc) is 2.86. The molecule has 1 saturated heterocycles. The molecular formula is C18H24ClN3O3+2. The number of carbonyl (C=O) groups excluding carboxylic acids is 2. The number of benzene rings is 1. The second kappa shape index (κ2) is 7.56. The third-order valence-corrected chi connectivity index (χ3v) is 5.23. The Hall–Kier alpha value is -1.89. The van der Waals surface area contributed by atoms with Gasteiger partial charge in [-0.3, -0.25) is 9.59 Å². The molecule has 3 rings (SSSR count). The van der Waals surface area contributed by atoms with Crippen molar-refractivity contribution in [1.82, 2.24) is 4.90 Å². The van der Waals surface area contributed by atoms with Crippen molar-refractivity contribution in [2.24, 2.45) is 0 Å². The fourth-order valence-corrected chi connectivity index (χ4v) is 3.77. The average molecular weight is 366 g/mol. The van der Waals surface area contributed by atoms with Crippen LogP contribution in [0.2, 0.25) is 5.02 Å². The molecule has 6 nitrogen and oxygen atoms in total. The summed E-state index contributed by atoms with van der Waals surface area (Å²) >= 11 is 5.96. The van der Waals surface area contributed by atoms with Crippen LogP contribution in [0.15, 0.2) is 35.6 Å². The first-order valence-corrected chi connectivity index (χ1v) is 9.02. The van der Waals surface area contributed by atoms with Gasteiger partial charge in [-0.2, -0.15) is 0 Å². The van der Waals surface area contributed by atoms with Crippen molar-refractivity contribution >= 4 is 23.3 Å². The van der Waals surface area contributed by atoms with Gasteiger partial charge in [-0.15, -0.1) is 0 Å². The zero-order valence-electron chi connectivity index (χ0n) is 14.3. The lowest BCUT2D eigenvalue weighted by Gasteiger charge is -2.29. The fourth-order valence-electron chi connectivity index (χ4n) is 3.65. The van der Waals surface area contributed by atoms with Crippen molar-refractivity contribution in [3.8, 4) is 0 Å². The highest BCUT2D eigenvalue weighted by Gasteiger charge is 2.42. The predicted molar refractivity (Wildman–Crippen MR) is 93.5 cm³/mol. The quantitative estimate of drug-likeness (QED) is 0.632. The molecule has 134 valence electrons. The van der Waals surface area contributed by atoms with Crippen LogP contribution in [0.5, 0.6) is 0 Å². The number of ketones is 1. The van der Waals surface area contributed by atoms with Crippen LogP contribution in [0, 0.1) is 0 Å². The van der Waals surface area contributed by atoms with E-state index in [2.05, 4.69) is 5.32 Å². The summed E-state index contributed by atoms with van der Waals surface area (Å²) in [6.45, 7) is 7.00. The fraction of sp³-hybridized carbons (Fsp3) is 0.444. The second-order valence-electron chi connectivity index (χ2n) is 6.64. The summed E-state index contributed by atoms with van der Waals surface area (Å²) in [6.07, 6.45) is 0. The first-order valence-electron chi connectivity index (χ1n) is 8.64. The topological polar surface area (TPSA) is 78.7 Å². The van der Waals surface area contributed by atoms with Crippen LogP contribution in [0.4, 0.5) is 0 Å². The second-order valence-corrected chi connectivity index (χ2v) is 7.07. The molecule has 1 aromatic carbocycles. The first-order chi connectivity index (χ1) is 12.0. The molecule has 0 saturated carbocycles. The Bertz CT molecular complexity index is 696. The zero-order valence-corrected chi connectivity index (χ0v) is 15.1. The standard InChI is InChI=1S/C18H22ClN3O3/c1-12(23)15-16(13-2-4-14(19)5-3-13)22(18(25)17(15)24)11-10-21-8-6-20-7-9-21/h2-5,16,20,24H,6-11H2,1H3/p+2/t16-/m0/s1. The number of rotatable bonds is 5. The van der Waals surface area contributed by atoms with Gasteiger partial charge in [0.05, 0.1) is 24.7 Å². The number of quaternary nitrogens is 2. The number of nitrogens with one attached hydrogen (secondary N) is 1. The van der Waals surface area contributed by atoms with Crippen molar-refractivity contribution in [1.29, 1.82) is 0 Å². The molecule has 0 unspecified atom stereocenters. The Morgan fingerprint density at radius 3 is 2.56 bits per heavy atom. The van der Waals surface area contributed by atoms with E-state index in [4.69, 9.17) is 11.6 Å². The Kier molecular flexibility index (Phi) is 5.42. The van der Waals surface area contributed by atoms with Gasteiger partial charge < -0.3 is 20.2 Å². The molecule has 0 aromatic heterocycles. The smallest absolute Gasteiger partial charge is 0.290 e. The largest absolute Gasteiger partial charge is 0.503 e. The maximum absolute atomic E-state index is 12.6. The molecule has 25 heavy (non-hydrogen) atoms. The maximum Gasteiger partial charge on any atom is 0.290 e. The van der Waals surface area contributed by atoms with Gasteiger partial charge in [0.2, 0.25) is 0 Å². The molecule has 0 radical (unpaired) electrons. The van der Waals surface area contributed by atoms with E-state index < -0.39 is 17.7 Å². The molecule has 1 aromatic rings. The molecule has 4 N–H and O–H groups in total. The van der Waals surface area contributed by atoms with E-state index in [9.17, 15) is 14.7 Å². The van der Waals surface area contributed by atoms with E-state index in [1.165, 1.54) is 11.8 Å². The number of aliphatic hydroxyl groups excluding tert-OH is 1. The zero-order chi connectivity index (χ0) is 18.0. The summed E-state index contributed by atoms with van der Waals surface area (Å²) in [5.74, 6) is -1.17. The van der Waals surface area contributed by atoms with E-state index in [1.807, 2.05) is 0 Å². The highest BCUT2D eigenvalue weighted by Crippen LogP contribution is 2.37. The van der Waals surface area contributed by atoms with Gasteiger partial charge in [0.15, 0.2) is 11.5 Å². The Balaban J connectivity index is 1.85. The molecule has 7 heteroatoms. The third-order valence-electron chi connectivity index (χ3n) is 4.98. The van der Waals surface area contributed by atoms with Gasteiger partial charge in [0.1, 0.15) is 26.2 Å². The van der Waals surface area contributed by atoms with Crippen LogP contribution in [-0.4, -0.2) is 61.0 Å². The minimum absolute atomic E-state index is 0.175. The Morgan fingerprint density at radius 1 is 1.32 bits per heavy atom. The van der Waals surface area contributed by atoms with Gasteiger partial charge in [-0.25, -0.2) is 0 Å². The van der Waals surface area contributed by atoms with Gasteiger partial charge in [0, 0.05) is 5.02 Å². The summed E-state index contributed by atoms with van der Waals surface area (Å²) in [4.78, 5) is 27.7. The van der Waals surface area contributed by atoms with Crippen LogP contribution >= 0.6 is 11.6 Å². The molecule has 2 aliphatic heterocycles.